The second kappa shape index (κ2) is 3.49. The summed E-state index contributed by atoms with van der Waals surface area (Å²) in [5.74, 6) is -1.21. The summed E-state index contributed by atoms with van der Waals surface area (Å²) < 4.78 is -1.47. The fraction of sp³-hybridized carbons (Fsp3) is 0.750. The standard InChI is InChI=1S/C4H5Cl3O2/c5-4(6,7)2-1-3(8)9/h1-2H2,(H,8,9)/p-1. The summed E-state index contributed by atoms with van der Waals surface area (Å²) in [5.41, 5.74) is 0. The molecule has 0 aromatic rings. The number of rotatable bonds is 2. The molecule has 54 valence electrons. The Hall–Kier alpha value is 0.340. The first-order chi connectivity index (χ1) is 3.92. The van der Waals surface area contributed by atoms with E-state index >= 15 is 0 Å². The van der Waals surface area contributed by atoms with Crippen molar-refractivity contribution in [2.75, 3.05) is 0 Å². The first-order valence-electron chi connectivity index (χ1n) is 2.18. The zero-order valence-corrected chi connectivity index (χ0v) is 6.63. The van der Waals surface area contributed by atoms with E-state index in [1.807, 2.05) is 0 Å². The van der Waals surface area contributed by atoms with Gasteiger partial charge < -0.3 is 9.90 Å². The largest absolute Gasteiger partial charge is 0.550 e. The van der Waals surface area contributed by atoms with Crippen molar-refractivity contribution in [3.8, 4) is 0 Å². The minimum atomic E-state index is -1.47. The lowest BCUT2D eigenvalue weighted by Gasteiger charge is -2.09. The summed E-state index contributed by atoms with van der Waals surface area (Å²) in [6, 6.07) is 0. The molecule has 0 aromatic heterocycles. The third kappa shape index (κ3) is 8.34. The van der Waals surface area contributed by atoms with E-state index in [-0.39, 0.29) is 12.8 Å². The Morgan fingerprint density at radius 3 is 2.00 bits per heavy atom. The minimum absolute atomic E-state index is 0.0139. The third-order valence-corrected chi connectivity index (χ3v) is 1.18. The quantitative estimate of drug-likeness (QED) is 0.607. The number of carbonyl (C=O) groups is 1. The van der Waals surface area contributed by atoms with Crippen molar-refractivity contribution in [1.82, 2.24) is 0 Å². The molecule has 0 N–H and O–H groups in total. The van der Waals surface area contributed by atoms with Gasteiger partial charge in [0.15, 0.2) is 3.79 Å². The van der Waals surface area contributed by atoms with Gasteiger partial charge in [0.2, 0.25) is 0 Å². The second-order valence-electron chi connectivity index (χ2n) is 1.49. The summed E-state index contributed by atoms with van der Waals surface area (Å²) in [6.45, 7) is 0. The molecule has 0 aliphatic carbocycles. The van der Waals surface area contributed by atoms with Gasteiger partial charge in [0, 0.05) is 5.97 Å². The van der Waals surface area contributed by atoms with Crippen LogP contribution in [0.5, 0.6) is 0 Å². The molecule has 0 aliphatic heterocycles. The summed E-state index contributed by atoms with van der Waals surface area (Å²) in [5, 5.41) is 9.76. The average molecular weight is 190 g/mol. The monoisotopic (exact) mass is 189 g/mol. The summed E-state index contributed by atoms with van der Waals surface area (Å²) in [4.78, 5) is 9.76. The summed E-state index contributed by atoms with van der Waals surface area (Å²) in [7, 11) is 0. The van der Waals surface area contributed by atoms with Crippen LogP contribution in [0, 0.1) is 0 Å². The lowest BCUT2D eigenvalue weighted by atomic mass is 10.3. The zero-order chi connectivity index (χ0) is 7.49. The maximum atomic E-state index is 9.76. The molecule has 2 nitrogen and oxygen atoms in total. The van der Waals surface area contributed by atoms with E-state index in [9.17, 15) is 9.90 Å². The zero-order valence-electron chi connectivity index (χ0n) is 4.36. The number of hydrogen-bond acceptors (Lipinski definition) is 2. The Bertz CT molecular complexity index is 107. The number of carboxylic acid groups (broad SMARTS) is 1. The Kier molecular flexibility index (Phi) is 3.63. The Morgan fingerprint density at radius 2 is 1.89 bits per heavy atom. The molecule has 0 rings (SSSR count). The second-order valence-corrected chi connectivity index (χ2v) is 4.00. The first kappa shape index (κ1) is 9.34. The van der Waals surface area contributed by atoms with E-state index in [0.29, 0.717) is 0 Å². The molecular formula is C4H4Cl3O2-. The van der Waals surface area contributed by atoms with Crippen LogP contribution < -0.4 is 5.11 Å². The van der Waals surface area contributed by atoms with Crippen LogP contribution in [0.3, 0.4) is 0 Å². The highest BCUT2D eigenvalue weighted by molar-refractivity contribution is 6.67. The van der Waals surface area contributed by atoms with Crippen LogP contribution in [-0.4, -0.2) is 9.76 Å². The number of hydrogen-bond donors (Lipinski definition) is 0. The molecule has 0 amide bonds. The van der Waals surface area contributed by atoms with Gasteiger partial charge in [0.05, 0.1) is 0 Å². The normalized spacial score (nSPS) is 11.4. The number of carboxylic acids is 1. The number of aliphatic carboxylic acids is 1. The van der Waals surface area contributed by atoms with Crippen LogP contribution >= 0.6 is 34.8 Å². The number of alkyl halides is 3. The maximum absolute atomic E-state index is 9.76. The van der Waals surface area contributed by atoms with Crippen molar-refractivity contribution in [3.63, 3.8) is 0 Å². The fourth-order valence-electron chi connectivity index (χ4n) is 0.244. The Morgan fingerprint density at radius 1 is 1.44 bits per heavy atom. The SMILES string of the molecule is O=C([O-])CCC(Cl)(Cl)Cl. The third-order valence-electron chi connectivity index (χ3n) is 0.613. The van der Waals surface area contributed by atoms with Crippen molar-refractivity contribution in [1.29, 1.82) is 0 Å². The Labute approximate surface area is 67.7 Å². The first-order valence-corrected chi connectivity index (χ1v) is 3.32. The van der Waals surface area contributed by atoms with E-state index in [4.69, 9.17) is 34.8 Å². The molecule has 0 aliphatic rings. The van der Waals surface area contributed by atoms with Crippen LogP contribution in [0.4, 0.5) is 0 Å². The van der Waals surface area contributed by atoms with Crippen LogP contribution in [0.25, 0.3) is 0 Å². The van der Waals surface area contributed by atoms with Crippen molar-refractivity contribution < 1.29 is 9.90 Å². The molecular weight excluding hydrogens is 186 g/mol. The molecule has 0 atom stereocenters. The van der Waals surface area contributed by atoms with E-state index in [0.717, 1.165) is 0 Å². The lowest BCUT2D eigenvalue weighted by Crippen LogP contribution is -2.23. The average Bonchev–Trinajstić information content (AvgIpc) is 1.59. The van der Waals surface area contributed by atoms with E-state index < -0.39 is 9.76 Å². The molecule has 0 radical (unpaired) electrons. The van der Waals surface area contributed by atoms with Crippen LogP contribution in [0.15, 0.2) is 0 Å². The van der Waals surface area contributed by atoms with E-state index in [1.54, 1.807) is 0 Å². The fourth-order valence-corrected chi connectivity index (χ4v) is 0.527. The smallest absolute Gasteiger partial charge is 0.191 e. The van der Waals surface area contributed by atoms with Crippen LogP contribution in [0.1, 0.15) is 12.8 Å². The van der Waals surface area contributed by atoms with Gasteiger partial charge in [0.1, 0.15) is 0 Å². The molecule has 0 saturated heterocycles. The number of carbonyl (C=O) groups excluding carboxylic acids is 1. The van der Waals surface area contributed by atoms with E-state index in [2.05, 4.69) is 0 Å². The predicted octanol–water partition coefficient (Wildman–Crippen LogP) is 0.887. The molecule has 0 fully saturated rings. The van der Waals surface area contributed by atoms with Crippen molar-refractivity contribution in [2.45, 2.75) is 16.6 Å². The highest BCUT2D eigenvalue weighted by Gasteiger charge is 2.18. The molecule has 0 unspecified atom stereocenters. The van der Waals surface area contributed by atoms with Gasteiger partial charge in [-0.25, -0.2) is 0 Å². The molecule has 0 saturated carbocycles. The Balaban J connectivity index is 3.39. The van der Waals surface area contributed by atoms with Gasteiger partial charge in [-0.05, 0) is 12.8 Å². The van der Waals surface area contributed by atoms with Gasteiger partial charge >= 0.3 is 0 Å². The van der Waals surface area contributed by atoms with E-state index in [1.165, 1.54) is 0 Å². The van der Waals surface area contributed by atoms with Gasteiger partial charge in [0.25, 0.3) is 0 Å². The minimum Gasteiger partial charge on any atom is -0.550 e. The van der Waals surface area contributed by atoms with Crippen molar-refractivity contribution in [2.24, 2.45) is 0 Å². The van der Waals surface area contributed by atoms with Gasteiger partial charge in [-0.1, -0.05) is 34.8 Å². The van der Waals surface area contributed by atoms with Gasteiger partial charge in [-0.3, -0.25) is 0 Å². The van der Waals surface area contributed by atoms with Crippen molar-refractivity contribution in [3.05, 3.63) is 0 Å². The summed E-state index contributed by atoms with van der Waals surface area (Å²) in [6.07, 6.45) is -0.240. The summed E-state index contributed by atoms with van der Waals surface area (Å²) >= 11 is 15.7. The highest BCUT2D eigenvalue weighted by atomic mass is 35.6. The maximum Gasteiger partial charge on any atom is 0.191 e. The molecule has 0 aromatic carbocycles. The lowest BCUT2D eigenvalue weighted by molar-refractivity contribution is -0.305. The molecule has 0 spiro atoms. The molecule has 5 heteroatoms. The topological polar surface area (TPSA) is 40.1 Å². The van der Waals surface area contributed by atoms with Gasteiger partial charge in [-0.15, -0.1) is 0 Å². The highest BCUT2D eigenvalue weighted by Crippen LogP contribution is 2.30. The van der Waals surface area contributed by atoms with Gasteiger partial charge in [-0.2, -0.15) is 0 Å². The van der Waals surface area contributed by atoms with Crippen LogP contribution in [0.2, 0.25) is 0 Å². The van der Waals surface area contributed by atoms with Crippen molar-refractivity contribution >= 4 is 40.8 Å². The molecule has 9 heavy (non-hydrogen) atoms. The number of halogens is 3. The molecule has 0 heterocycles. The van der Waals surface area contributed by atoms with Crippen LogP contribution in [-0.2, 0) is 4.79 Å². The predicted molar refractivity (Wildman–Crippen MR) is 34.5 cm³/mol. The molecule has 0 bridgehead atoms.